The van der Waals surface area contributed by atoms with Gasteiger partial charge in [-0.2, -0.15) is 8.78 Å². The van der Waals surface area contributed by atoms with Crippen molar-refractivity contribution in [3.05, 3.63) is 29.6 Å². The summed E-state index contributed by atoms with van der Waals surface area (Å²) in [4.78, 5) is 10.0. The molecular formula is C9H7F3O3. The Balaban J connectivity index is 2.91. The molecule has 1 N–H and O–H groups in total. The van der Waals surface area contributed by atoms with Crippen LogP contribution >= 0.6 is 0 Å². The molecule has 0 aromatic heterocycles. The lowest BCUT2D eigenvalue weighted by molar-refractivity contribution is -0.210. The van der Waals surface area contributed by atoms with Crippen LogP contribution < -0.4 is 4.74 Å². The number of rotatable bonds is 3. The smallest absolute Gasteiger partial charge is 0.474 e. The molecule has 3 nitrogen and oxygen atoms in total. The summed E-state index contributed by atoms with van der Waals surface area (Å²) >= 11 is 0. The average Bonchev–Trinajstić information content (AvgIpc) is 2.10. The Labute approximate surface area is 83.1 Å². The van der Waals surface area contributed by atoms with E-state index < -0.39 is 23.6 Å². The minimum atomic E-state index is -4.36. The Bertz CT molecular complexity index is 390. The second-order valence-corrected chi connectivity index (χ2v) is 2.83. The number of carboxylic acids is 1. The SMILES string of the molecule is Cc1ccc(OC(F)(F)C(=O)O)cc1F. The lowest BCUT2D eigenvalue weighted by atomic mass is 10.2. The molecule has 1 aromatic carbocycles. The van der Waals surface area contributed by atoms with E-state index in [2.05, 4.69) is 4.74 Å². The molecular weight excluding hydrogens is 213 g/mol. The molecule has 0 saturated heterocycles. The van der Waals surface area contributed by atoms with Crippen molar-refractivity contribution in [2.45, 2.75) is 13.0 Å². The van der Waals surface area contributed by atoms with Crippen molar-refractivity contribution >= 4 is 5.97 Å². The molecule has 82 valence electrons. The van der Waals surface area contributed by atoms with Gasteiger partial charge in [0.15, 0.2) is 0 Å². The van der Waals surface area contributed by atoms with Crippen molar-refractivity contribution in [2.75, 3.05) is 0 Å². The summed E-state index contributed by atoms with van der Waals surface area (Å²) < 4.78 is 41.7. The predicted octanol–water partition coefficient (Wildman–Crippen LogP) is 2.19. The van der Waals surface area contributed by atoms with E-state index in [4.69, 9.17) is 5.11 Å². The van der Waals surface area contributed by atoms with Crippen LogP contribution in [0, 0.1) is 12.7 Å². The van der Waals surface area contributed by atoms with Crippen molar-refractivity contribution in [1.82, 2.24) is 0 Å². The lowest BCUT2D eigenvalue weighted by Gasteiger charge is -2.13. The normalized spacial score (nSPS) is 11.2. The predicted molar refractivity (Wildman–Crippen MR) is 44.3 cm³/mol. The number of aliphatic carboxylic acids is 1. The van der Waals surface area contributed by atoms with E-state index in [0.29, 0.717) is 6.07 Å². The highest BCUT2D eigenvalue weighted by Gasteiger charge is 2.42. The highest BCUT2D eigenvalue weighted by atomic mass is 19.3. The maximum atomic E-state index is 12.9. The van der Waals surface area contributed by atoms with Gasteiger partial charge >= 0.3 is 12.1 Å². The van der Waals surface area contributed by atoms with Gasteiger partial charge in [0.05, 0.1) is 0 Å². The third kappa shape index (κ3) is 2.61. The van der Waals surface area contributed by atoms with E-state index in [9.17, 15) is 18.0 Å². The van der Waals surface area contributed by atoms with Gasteiger partial charge in [-0.25, -0.2) is 9.18 Å². The molecule has 0 aliphatic carbocycles. The number of halogens is 3. The Kier molecular flexibility index (Phi) is 2.88. The zero-order chi connectivity index (χ0) is 11.6. The van der Waals surface area contributed by atoms with E-state index in [1.807, 2.05) is 0 Å². The first kappa shape index (κ1) is 11.4. The Morgan fingerprint density at radius 2 is 2.07 bits per heavy atom. The van der Waals surface area contributed by atoms with Crippen LogP contribution in [-0.4, -0.2) is 17.2 Å². The second kappa shape index (κ2) is 3.80. The van der Waals surface area contributed by atoms with Gasteiger partial charge < -0.3 is 9.84 Å². The van der Waals surface area contributed by atoms with Crippen molar-refractivity contribution < 1.29 is 27.8 Å². The number of alkyl halides is 2. The summed E-state index contributed by atoms with van der Waals surface area (Å²) in [7, 11) is 0. The minimum absolute atomic E-state index is 0.251. The standard InChI is InChI=1S/C9H7F3O3/c1-5-2-3-6(4-7(5)10)15-9(11,12)8(13)14/h2-4H,1H3,(H,13,14). The molecule has 0 saturated carbocycles. The highest BCUT2D eigenvalue weighted by molar-refractivity contribution is 5.73. The zero-order valence-electron chi connectivity index (χ0n) is 7.63. The summed E-state index contributed by atoms with van der Waals surface area (Å²) in [6.45, 7) is 1.44. The molecule has 0 radical (unpaired) electrons. The topological polar surface area (TPSA) is 46.5 Å². The van der Waals surface area contributed by atoms with Crippen molar-refractivity contribution in [1.29, 1.82) is 0 Å². The van der Waals surface area contributed by atoms with E-state index in [-0.39, 0.29) is 5.56 Å². The number of carbonyl (C=O) groups is 1. The maximum Gasteiger partial charge on any atom is 0.501 e. The van der Waals surface area contributed by atoms with Gasteiger partial charge in [0.2, 0.25) is 0 Å². The van der Waals surface area contributed by atoms with Crippen molar-refractivity contribution in [2.24, 2.45) is 0 Å². The molecule has 0 heterocycles. The fraction of sp³-hybridized carbons (Fsp3) is 0.222. The van der Waals surface area contributed by atoms with Gasteiger partial charge in [0, 0.05) is 6.07 Å². The molecule has 1 rings (SSSR count). The summed E-state index contributed by atoms with van der Waals surface area (Å²) in [5, 5.41) is 8.06. The number of hydrogen-bond donors (Lipinski definition) is 1. The third-order valence-electron chi connectivity index (χ3n) is 1.64. The van der Waals surface area contributed by atoms with Crippen LogP contribution in [-0.2, 0) is 4.79 Å². The number of aryl methyl sites for hydroxylation is 1. The van der Waals surface area contributed by atoms with Crippen molar-refractivity contribution in [3.63, 3.8) is 0 Å². The van der Waals surface area contributed by atoms with Crippen LogP contribution in [0.5, 0.6) is 5.75 Å². The average molecular weight is 220 g/mol. The maximum absolute atomic E-state index is 12.9. The summed E-state index contributed by atoms with van der Waals surface area (Å²) in [5.74, 6) is -3.71. The van der Waals surface area contributed by atoms with Crippen LogP contribution in [0.2, 0.25) is 0 Å². The molecule has 6 heteroatoms. The number of ether oxygens (including phenoxy) is 1. The lowest BCUT2D eigenvalue weighted by Crippen LogP contribution is -2.34. The molecule has 0 amide bonds. The molecule has 0 aliphatic heterocycles. The van der Waals surface area contributed by atoms with E-state index in [0.717, 1.165) is 6.07 Å². The van der Waals surface area contributed by atoms with Gasteiger partial charge in [-0.05, 0) is 18.6 Å². The third-order valence-corrected chi connectivity index (χ3v) is 1.64. The van der Waals surface area contributed by atoms with Crippen molar-refractivity contribution in [3.8, 4) is 5.75 Å². The molecule has 1 aromatic rings. The summed E-state index contributed by atoms with van der Waals surface area (Å²) in [5.41, 5.74) is 0.251. The van der Waals surface area contributed by atoms with Gasteiger partial charge in [-0.1, -0.05) is 6.07 Å². The molecule has 0 aliphatic rings. The van der Waals surface area contributed by atoms with Gasteiger partial charge in [-0.15, -0.1) is 0 Å². The first-order chi connectivity index (χ1) is 6.83. The Morgan fingerprint density at radius 1 is 1.47 bits per heavy atom. The largest absolute Gasteiger partial charge is 0.501 e. The van der Waals surface area contributed by atoms with Crippen LogP contribution in [0.25, 0.3) is 0 Å². The Morgan fingerprint density at radius 3 is 2.53 bits per heavy atom. The highest BCUT2D eigenvalue weighted by Crippen LogP contribution is 2.23. The molecule has 0 bridgehead atoms. The van der Waals surface area contributed by atoms with Crippen LogP contribution in [0.3, 0.4) is 0 Å². The van der Waals surface area contributed by atoms with E-state index in [1.54, 1.807) is 0 Å². The number of hydrogen-bond acceptors (Lipinski definition) is 2. The summed E-state index contributed by atoms with van der Waals surface area (Å²) in [6.07, 6.45) is -4.36. The summed E-state index contributed by atoms with van der Waals surface area (Å²) in [6, 6.07) is 2.98. The van der Waals surface area contributed by atoms with Gasteiger partial charge in [0.25, 0.3) is 0 Å². The Hall–Kier alpha value is -1.72. The first-order valence-corrected chi connectivity index (χ1v) is 3.89. The molecule has 0 atom stereocenters. The van der Waals surface area contributed by atoms with Crippen LogP contribution in [0.1, 0.15) is 5.56 Å². The molecule has 15 heavy (non-hydrogen) atoms. The molecule has 0 spiro atoms. The van der Waals surface area contributed by atoms with Crippen LogP contribution in [0.4, 0.5) is 13.2 Å². The van der Waals surface area contributed by atoms with Gasteiger partial charge in [-0.3, -0.25) is 0 Å². The zero-order valence-corrected chi connectivity index (χ0v) is 7.63. The second-order valence-electron chi connectivity index (χ2n) is 2.83. The quantitative estimate of drug-likeness (QED) is 0.849. The fourth-order valence-corrected chi connectivity index (χ4v) is 0.829. The molecule has 0 unspecified atom stereocenters. The monoisotopic (exact) mass is 220 g/mol. The van der Waals surface area contributed by atoms with Gasteiger partial charge in [0.1, 0.15) is 11.6 Å². The van der Waals surface area contributed by atoms with E-state index >= 15 is 0 Å². The van der Waals surface area contributed by atoms with E-state index in [1.165, 1.54) is 13.0 Å². The minimum Gasteiger partial charge on any atom is -0.474 e. The fourth-order valence-electron chi connectivity index (χ4n) is 0.829. The number of benzene rings is 1. The molecule has 0 fully saturated rings. The first-order valence-electron chi connectivity index (χ1n) is 3.89. The van der Waals surface area contributed by atoms with Crippen LogP contribution in [0.15, 0.2) is 18.2 Å². The number of carboxylic acid groups (broad SMARTS) is 1.